The molecule has 0 fully saturated rings. The number of carbonyl (C=O) groups excluding carboxylic acids is 1. The number of nitrogen functional groups attached to an aromatic ring is 1. The molecule has 112 valence electrons. The minimum Gasteiger partial charge on any atom is -0.487 e. The molecular weight excluding hydrogens is 264 g/mol. The lowest BCUT2D eigenvalue weighted by molar-refractivity contribution is -0.105. The van der Waals surface area contributed by atoms with Crippen LogP contribution < -0.4 is 20.5 Å². The fourth-order valence-electron chi connectivity index (χ4n) is 1.46. The molecule has 0 spiro atoms. The van der Waals surface area contributed by atoms with Crippen molar-refractivity contribution in [2.75, 3.05) is 51.7 Å². The van der Waals surface area contributed by atoms with Gasteiger partial charge in [-0.05, 0) is 0 Å². The monoisotopic (exact) mass is 284 g/mol. The predicted octanol–water partition coefficient (Wildman–Crippen LogP) is 0.888. The van der Waals surface area contributed by atoms with Gasteiger partial charge in [0.1, 0.15) is 13.2 Å². The zero-order chi connectivity index (χ0) is 14.8. The van der Waals surface area contributed by atoms with Crippen LogP contribution in [0.25, 0.3) is 0 Å². The van der Waals surface area contributed by atoms with Gasteiger partial charge < -0.3 is 30.0 Å². The molecule has 7 nitrogen and oxygen atoms in total. The number of hydrogen-bond donors (Lipinski definition) is 2. The molecule has 1 amide bonds. The molecule has 0 aromatic heterocycles. The van der Waals surface area contributed by atoms with Crippen molar-refractivity contribution in [2.45, 2.75) is 0 Å². The number of hydrogen-bond acceptors (Lipinski definition) is 6. The van der Waals surface area contributed by atoms with E-state index in [1.165, 1.54) is 0 Å². The largest absolute Gasteiger partial charge is 0.487 e. The van der Waals surface area contributed by atoms with Crippen molar-refractivity contribution >= 4 is 17.8 Å². The van der Waals surface area contributed by atoms with Crippen molar-refractivity contribution in [3.05, 3.63) is 12.1 Å². The molecule has 0 unspecified atom stereocenters. The van der Waals surface area contributed by atoms with E-state index in [9.17, 15) is 4.79 Å². The number of nitrogens with one attached hydrogen (secondary N) is 1. The summed E-state index contributed by atoms with van der Waals surface area (Å²) in [6, 6.07) is 3.21. The Morgan fingerprint density at radius 2 is 1.60 bits per heavy atom. The molecule has 1 aromatic carbocycles. The van der Waals surface area contributed by atoms with Crippen LogP contribution in [0.15, 0.2) is 12.1 Å². The number of carbonyl (C=O) groups is 1. The van der Waals surface area contributed by atoms with E-state index >= 15 is 0 Å². The molecule has 0 atom stereocenters. The van der Waals surface area contributed by atoms with E-state index < -0.39 is 0 Å². The van der Waals surface area contributed by atoms with Crippen LogP contribution in [-0.2, 0) is 14.3 Å². The lowest BCUT2D eigenvalue weighted by Crippen LogP contribution is -2.10. The quantitative estimate of drug-likeness (QED) is 0.376. The standard InChI is InChI=1S/C13H20N2O5/c1-17-3-5-19-12-7-10(14)11(15-9-16)8-13(12)20-6-4-18-2/h7-9H,3-6,14H2,1-2H3,(H,15,16). The van der Waals surface area contributed by atoms with Crippen molar-refractivity contribution in [1.82, 2.24) is 0 Å². The van der Waals surface area contributed by atoms with Gasteiger partial charge in [-0.3, -0.25) is 4.79 Å². The van der Waals surface area contributed by atoms with E-state index in [2.05, 4.69) is 5.32 Å². The van der Waals surface area contributed by atoms with Crippen LogP contribution in [0.2, 0.25) is 0 Å². The number of rotatable bonds is 10. The van der Waals surface area contributed by atoms with Gasteiger partial charge in [-0.2, -0.15) is 0 Å². The van der Waals surface area contributed by atoms with Crippen LogP contribution in [0.5, 0.6) is 11.5 Å². The zero-order valence-electron chi connectivity index (χ0n) is 11.7. The minimum atomic E-state index is 0.363. The Morgan fingerprint density at radius 3 is 2.10 bits per heavy atom. The maximum atomic E-state index is 10.5. The molecule has 3 N–H and O–H groups in total. The van der Waals surface area contributed by atoms with Crippen molar-refractivity contribution in [3.63, 3.8) is 0 Å². The van der Waals surface area contributed by atoms with Crippen molar-refractivity contribution in [2.24, 2.45) is 0 Å². The third-order valence-corrected chi connectivity index (χ3v) is 2.42. The first kappa shape index (κ1) is 16.1. The first-order valence-electron chi connectivity index (χ1n) is 6.10. The highest BCUT2D eigenvalue weighted by Crippen LogP contribution is 2.35. The Balaban J connectivity index is 2.86. The van der Waals surface area contributed by atoms with Gasteiger partial charge in [0.2, 0.25) is 6.41 Å². The van der Waals surface area contributed by atoms with Crippen LogP contribution in [-0.4, -0.2) is 47.1 Å². The zero-order valence-corrected chi connectivity index (χ0v) is 11.7. The highest BCUT2D eigenvalue weighted by atomic mass is 16.5. The number of methoxy groups -OCH3 is 2. The van der Waals surface area contributed by atoms with Crippen molar-refractivity contribution in [1.29, 1.82) is 0 Å². The van der Waals surface area contributed by atoms with Gasteiger partial charge >= 0.3 is 0 Å². The molecule has 0 heterocycles. The second-order valence-electron chi connectivity index (χ2n) is 3.83. The molecule has 1 aromatic rings. The van der Waals surface area contributed by atoms with E-state index in [-0.39, 0.29) is 0 Å². The third kappa shape index (κ3) is 4.94. The molecule has 0 aliphatic heterocycles. The second kappa shape index (κ2) is 9.00. The van der Waals surface area contributed by atoms with Crippen LogP contribution in [0.3, 0.4) is 0 Å². The minimum absolute atomic E-state index is 0.363. The normalized spacial score (nSPS) is 10.1. The summed E-state index contributed by atoms with van der Waals surface area (Å²) in [4.78, 5) is 10.5. The maximum absolute atomic E-state index is 10.5. The van der Waals surface area contributed by atoms with Crippen LogP contribution >= 0.6 is 0 Å². The van der Waals surface area contributed by atoms with Gasteiger partial charge in [-0.25, -0.2) is 0 Å². The molecule has 0 saturated heterocycles. The van der Waals surface area contributed by atoms with E-state index in [4.69, 9.17) is 24.7 Å². The Morgan fingerprint density at radius 1 is 1.05 bits per heavy atom. The summed E-state index contributed by atoms with van der Waals surface area (Å²) in [7, 11) is 3.17. The molecule has 7 heteroatoms. The molecule has 0 aliphatic rings. The van der Waals surface area contributed by atoms with Gasteiger partial charge in [0, 0.05) is 26.4 Å². The summed E-state index contributed by atoms with van der Waals surface area (Å²) >= 11 is 0. The molecule has 0 aliphatic carbocycles. The Hall–Kier alpha value is -1.99. The third-order valence-electron chi connectivity index (χ3n) is 2.42. The second-order valence-corrected chi connectivity index (χ2v) is 3.83. The summed E-state index contributed by atoms with van der Waals surface area (Å²) in [6.45, 7) is 1.63. The Labute approximate surface area is 117 Å². The molecule has 0 radical (unpaired) electrons. The van der Waals surface area contributed by atoms with E-state index in [0.717, 1.165) is 0 Å². The molecular formula is C13H20N2O5. The highest BCUT2D eigenvalue weighted by molar-refractivity contribution is 5.82. The Kier molecular flexibility index (Phi) is 7.23. The van der Waals surface area contributed by atoms with Crippen molar-refractivity contribution in [3.8, 4) is 11.5 Å². The summed E-state index contributed by atoms with van der Waals surface area (Å²) in [6.07, 6.45) is 0.552. The Bertz CT molecular complexity index is 425. The van der Waals surface area contributed by atoms with Gasteiger partial charge in [0.25, 0.3) is 0 Å². The van der Waals surface area contributed by atoms with Crippen LogP contribution in [0.1, 0.15) is 0 Å². The summed E-state index contributed by atoms with van der Waals surface area (Å²) in [5.74, 6) is 0.976. The lowest BCUT2D eigenvalue weighted by Gasteiger charge is -2.15. The molecule has 1 rings (SSSR count). The first-order chi connectivity index (χ1) is 9.72. The molecule has 0 bridgehead atoms. The van der Waals surface area contributed by atoms with Gasteiger partial charge in [0.15, 0.2) is 11.5 Å². The van der Waals surface area contributed by atoms with Gasteiger partial charge in [-0.1, -0.05) is 0 Å². The van der Waals surface area contributed by atoms with E-state index in [0.29, 0.717) is 55.7 Å². The van der Waals surface area contributed by atoms with Crippen LogP contribution in [0.4, 0.5) is 11.4 Å². The summed E-state index contributed by atoms with van der Waals surface area (Å²) in [5, 5.41) is 2.50. The number of anilines is 2. The average Bonchev–Trinajstić information content (AvgIpc) is 2.44. The highest BCUT2D eigenvalue weighted by Gasteiger charge is 2.10. The van der Waals surface area contributed by atoms with Gasteiger partial charge in [-0.15, -0.1) is 0 Å². The average molecular weight is 284 g/mol. The fraction of sp³-hybridized carbons (Fsp3) is 0.462. The number of nitrogens with two attached hydrogens (primary N) is 1. The van der Waals surface area contributed by atoms with Crippen molar-refractivity contribution < 1.29 is 23.7 Å². The van der Waals surface area contributed by atoms with E-state index in [1.807, 2.05) is 0 Å². The maximum Gasteiger partial charge on any atom is 0.211 e. The lowest BCUT2D eigenvalue weighted by atomic mass is 10.2. The fourth-order valence-corrected chi connectivity index (χ4v) is 1.46. The predicted molar refractivity (Wildman–Crippen MR) is 75.3 cm³/mol. The number of ether oxygens (including phenoxy) is 4. The van der Waals surface area contributed by atoms with E-state index in [1.54, 1.807) is 26.4 Å². The SMILES string of the molecule is COCCOc1cc(N)c(NC=O)cc1OCCOC. The summed E-state index contributed by atoms with van der Waals surface area (Å²) in [5.41, 5.74) is 6.68. The summed E-state index contributed by atoms with van der Waals surface area (Å²) < 4.78 is 20.9. The first-order valence-corrected chi connectivity index (χ1v) is 6.10. The van der Waals surface area contributed by atoms with Gasteiger partial charge in [0.05, 0.1) is 24.6 Å². The molecule has 0 saturated carbocycles. The smallest absolute Gasteiger partial charge is 0.211 e. The number of benzene rings is 1. The topological polar surface area (TPSA) is 92.0 Å². The molecule has 20 heavy (non-hydrogen) atoms. The number of amides is 1. The van der Waals surface area contributed by atoms with Crippen LogP contribution in [0, 0.1) is 0 Å².